The van der Waals surface area contributed by atoms with Crippen LogP contribution in [0.4, 0.5) is 0 Å². The van der Waals surface area contributed by atoms with Crippen molar-refractivity contribution >= 4 is 33.2 Å². The van der Waals surface area contributed by atoms with Gasteiger partial charge in [-0.15, -0.1) is 11.3 Å². The number of thiophene rings is 1. The molecule has 0 aliphatic carbocycles. The number of rotatable bonds is 4. The lowest BCUT2D eigenvalue weighted by Gasteiger charge is -2.38. The maximum atomic E-state index is 10.5. The van der Waals surface area contributed by atoms with Crippen LogP contribution < -0.4 is 0 Å². The van der Waals surface area contributed by atoms with E-state index in [1.807, 2.05) is 0 Å². The van der Waals surface area contributed by atoms with Crippen LogP contribution in [-0.2, 0) is 11.3 Å². The monoisotopic (exact) mass is 289 g/mol. The summed E-state index contributed by atoms with van der Waals surface area (Å²) in [5.74, 6) is -0.335. The summed E-state index contributed by atoms with van der Waals surface area (Å²) < 4.78 is 1.16. The van der Waals surface area contributed by atoms with Crippen molar-refractivity contribution in [1.29, 1.82) is 0 Å². The third kappa shape index (κ3) is 2.80. The molecule has 0 aromatic carbocycles. The second-order valence-electron chi connectivity index (χ2n) is 3.85. The number of hydrogen-bond acceptors (Lipinski definition) is 3. The van der Waals surface area contributed by atoms with Crippen LogP contribution in [0.5, 0.6) is 0 Å². The zero-order chi connectivity index (χ0) is 10.8. The minimum absolute atomic E-state index is 0.308. The summed E-state index contributed by atoms with van der Waals surface area (Å²) >= 11 is 5.23. The highest BCUT2D eigenvalue weighted by atomic mass is 79.9. The number of likely N-dealkylation sites (tertiary alicyclic amines) is 1. The fraction of sp³-hybridized carbons (Fsp3) is 0.500. The molecule has 0 unspecified atom stereocenters. The van der Waals surface area contributed by atoms with E-state index in [1.54, 1.807) is 11.3 Å². The third-order valence-corrected chi connectivity index (χ3v) is 4.47. The van der Waals surface area contributed by atoms with Gasteiger partial charge in [0.2, 0.25) is 0 Å². The number of carbonyl (C=O) groups is 1. The van der Waals surface area contributed by atoms with Crippen molar-refractivity contribution in [3.63, 3.8) is 0 Å². The Morgan fingerprint density at radius 2 is 2.40 bits per heavy atom. The Balaban J connectivity index is 1.77. The van der Waals surface area contributed by atoms with Crippen molar-refractivity contribution in [2.24, 2.45) is 5.92 Å². The molecule has 2 heterocycles. The molecule has 1 aliphatic heterocycles. The van der Waals surface area contributed by atoms with E-state index in [9.17, 15) is 4.79 Å². The Bertz CT molecular complexity index is 360. The van der Waals surface area contributed by atoms with Gasteiger partial charge in [-0.05, 0) is 33.3 Å². The molecule has 1 N–H and O–H groups in total. The van der Waals surface area contributed by atoms with Gasteiger partial charge in [0.1, 0.15) is 0 Å². The lowest BCUT2D eigenvalue weighted by molar-refractivity contribution is -0.139. The van der Waals surface area contributed by atoms with Crippen LogP contribution in [0, 0.1) is 5.92 Å². The molecular formula is C10H12BrNO2S. The van der Waals surface area contributed by atoms with E-state index in [1.165, 1.54) is 4.88 Å². The van der Waals surface area contributed by atoms with Crippen LogP contribution >= 0.6 is 27.3 Å². The Labute approximate surface area is 101 Å². The normalized spacial score (nSPS) is 17.7. The lowest BCUT2D eigenvalue weighted by Crippen LogP contribution is -2.46. The van der Waals surface area contributed by atoms with Crippen LogP contribution in [0.1, 0.15) is 11.3 Å². The standard InChI is InChI=1S/C10H12BrNO2S/c11-8-1-2-15-9(8)6-12-4-7(5-12)3-10(13)14/h1-2,7H,3-6H2,(H,13,14). The summed E-state index contributed by atoms with van der Waals surface area (Å²) in [5, 5.41) is 10.7. The van der Waals surface area contributed by atoms with Gasteiger partial charge in [-0.25, -0.2) is 0 Å². The molecule has 2 rings (SSSR count). The average molecular weight is 290 g/mol. The van der Waals surface area contributed by atoms with E-state index in [4.69, 9.17) is 5.11 Å². The largest absolute Gasteiger partial charge is 0.481 e. The van der Waals surface area contributed by atoms with E-state index < -0.39 is 5.97 Å². The first kappa shape index (κ1) is 11.1. The van der Waals surface area contributed by atoms with Gasteiger partial charge in [-0.3, -0.25) is 9.69 Å². The average Bonchev–Trinajstić information content (AvgIpc) is 2.47. The van der Waals surface area contributed by atoms with Gasteiger partial charge in [-0.2, -0.15) is 0 Å². The first-order valence-corrected chi connectivity index (χ1v) is 6.48. The summed E-state index contributed by atoms with van der Waals surface area (Å²) in [4.78, 5) is 14.1. The van der Waals surface area contributed by atoms with E-state index in [0.29, 0.717) is 12.3 Å². The summed E-state index contributed by atoms with van der Waals surface area (Å²) in [5.41, 5.74) is 0. The van der Waals surface area contributed by atoms with Crippen LogP contribution in [0.25, 0.3) is 0 Å². The molecule has 1 aromatic heterocycles. The fourth-order valence-corrected chi connectivity index (χ4v) is 3.34. The van der Waals surface area contributed by atoms with Crippen molar-refractivity contribution < 1.29 is 9.90 Å². The predicted octanol–water partition coefficient (Wildman–Crippen LogP) is 2.42. The molecule has 1 aromatic rings. The summed E-state index contributed by atoms with van der Waals surface area (Å²) in [6.07, 6.45) is 0.308. The fourth-order valence-electron chi connectivity index (χ4n) is 1.82. The van der Waals surface area contributed by atoms with Gasteiger partial charge < -0.3 is 5.11 Å². The summed E-state index contributed by atoms with van der Waals surface area (Å²) in [7, 11) is 0. The number of halogens is 1. The zero-order valence-corrected chi connectivity index (χ0v) is 10.6. The molecule has 0 spiro atoms. The molecule has 1 saturated heterocycles. The van der Waals surface area contributed by atoms with E-state index in [2.05, 4.69) is 32.3 Å². The quantitative estimate of drug-likeness (QED) is 0.925. The van der Waals surface area contributed by atoms with Gasteiger partial charge >= 0.3 is 5.97 Å². The molecule has 15 heavy (non-hydrogen) atoms. The molecule has 1 fully saturated rings. The van der Waals surface area contributed by atoms with E-state index in [-0.39, 0.29) is 0 Å². The highest BCUT2D eigenvalue weighted by molar-refractivity contribution is 9.10. The highest BCUT2D eigenvalue weighted by Gasteiger charge is 2.28. The maximum Gasteiger partial charge on any atom is 0.303 e. The minimum atomic E-state index is -0.683. The third-order valence-electron chi connectivity index (χ3n) is 2.55. The van der Waals surface area contributed by atoms with Crippen LogP contribution in [0.2, 0.25) is 0 Å². The molecule has 5 heteroatoms. The van der Waals surface area contributed by atoms with Crippen molar-refractivity contribution in [1.82, 2.24) is 4.90 Å². The first-order chi connectivity index (χ1) is 7.15. The van der Waals surface area contributed by atoms with Crippen molar-refractivity contribution in [3.05, 3.63) is 20.8 Å². The number of nitrogens with zero attached hydrogens (tertiary/aromatic N) is 1. The van der Waals surface area contributed by atoms with Crippen molar-refractivity contribution in [2.45, 2.75) is 13.0 Å². The van der Waals surface area contributed by atoms with E-state index in [0.717, 1.165) is 24.1 Å². The zero-order valence-electron chi connectivity index (χ0n) is 8.15. The smallest absolute Gasteiger partial charge is 0.303 e. The van der Waals surface area contributed by atoms with Gasteiger partial charge in [0.15, 0.2) is 0 Å². The molecule has 0 saturated carbocycles. The van der Waals surface area contributed by atoms with Gasteiger partial charge in [0, 0.05) is 29.0 Å². The maximum absolute atomic E-state index is 10.5. The van der Waals surface area contributed by atoms with Crippen LogP contribution in [-0.4, -0.2) is 29.1 Å². The molecule has 1 aliphatic rings. The molecule has 3 nitrogen and oxygen atoms in total. The Kier molecular flexibility index (Phi) is 3.43. The number of aliphatic carboxylic acids is 1. The highest BCUT2D eigenvalue weighted by Crippen LogP contribution is 2.28. The first-order valence-electron chi connectivity index (χ1n) is 4.81. The summed E-state index contributed by atoms with van der Waals surface area (Å²) in [6, 6.07) is 2.05. The molecule has 0 bridgehead atoms. The Morgan fingerprint density at radius 1 is 1.67 bits per heavy atom. The molecule has 0 amide bonds. The summed E-state index contributed by atoms with van der Waals surface area (Å²) in [6.45, 7) is 2.77. The van der Waals surface area contributed by atoms with Gasteiger partial charge in [0.25, 0.3) is 0 Å². The van der Waals surface area contributed by atoms with Gasteiger partial charge in [-0.1, -0.05) is 0 Å². The predicted molar refractivity (Wildman–Crippen MR) is 63.0 cm³/mol. The Hall–Kier alpha value is -0.390. The SMILES string of the molecule is O=C(O)CC1CN(Cc2sccc2Br)C1. The second-order valence-corrected chi connectivity index (χ2v) is 5.70. The molecular weight excluding hydrogens is 278 g/mol. The minimum Gasteiger partial charge on any atom is -0.481 e. The van der Waals surface area contributed by atoms with Crippen LogP contribution in [0.15, 0.2) is 15.9 Å². The Morgan fingerprint density at radius 3 is 2.93 bits per heavy atom. The number of hydrogen-bond donors (Lipinski definition) is 1. The molecule has 0 radical (unpaired) electrons. The topological polar surface area (TPSA) is 40.5 Å². The molecule has 82 valence electrons. The second kappa shape index (κ2) is 4.63. The van der Waals surface area contributed by atoms with Crippen molar-refractivity contribution in [3.8, 4) is 0 Å². The van der Waals surface area contributed by atoms with E-state index >= 15 is 0 Å². The molecule has 0 atom stereocenters. The lowest BCUT2D eigenvalue weighted by atomic mass is 9.96. The number of carboxylic acids is 1. The van der Waals surface area contributed by atoms with Gasteiger partial charge in [0.05, 0.1) is 6.42 Å². The number of carboxylic acid groups (broad SMARTS) is 1. The van der Waals surface area contributed by atoms with Crippen LogP contribution in [0.3, 0.4) is 0 Å². The van der Waals surface area contributed by atoms with Crippen molar-refractivity contribution in [2.75, 3.05) is 13.1 Å².